The van der Waals surface area contributed by atoms with Gasteiger partial charge in [0, 0.05) is 22.5 Å². The Balaban J connectivity index is 1.95. The molecule has 0 bridgehead atoms. The molecule has 1 aromatic heterocycles. The van der Waals surface area contributed by atoms with Crippen molar-refractivity contribution in [3.8, 4) is 0 Å². The summed E-state index contributed by atoms with van der Waals surface area (Å²) >= 11 is 7.40. The van der Waals surface area contributed by atoms with Crippen LogP contribution in [0.5, 0.6) is 0 Å². The van der Waals surface area contributed by atoms with Crippen LogP contribution in [0, 0.1) is 0 Å². The Kier molecular flexibility index (Phi) is 3.38. The molecule has 100 valence electrons. The van der Waals surface area contributed by atoms with E-state index in [1.165, 1.54) is 11.8 Å². The molecule has 1 aromatic carbocycles. The lowest BCUT2D eigenvalue weighted by molar-refractivity contribution is 0.642. The van der Waals surface area contributed by atoms with Crippen LogP contribution in [-0.2, 0) is 6.54 Å². The molecule has 0 aliphatic heterocycles. The van der Waals surface area contributed by atoms with Gasteiger partial charge < -0.3 is 5.73 Å². The van der Waals surface area contributed by atoms with Gasteiger partial charge in [-0.2, -0.15) is 0 Å². The minimum Gasteiger partial charge on any atom is -0.326 e. The molecule has 0 spiro atoms. The van der Waals surface area contributed by atoms with Crippen molar-refractivity contribution in [1.82, 2.24) is 14.8 Å². The zero-order valence-electron chi connectivity index (χ0n) is 10.1. The molecule has 3 rings (SSSR count). The van der Waals surface area contributed by atoms with E-state index in [2.05, 4.69) is 10.2 Å². The van der Waals surface area contributed by atoms with Crippen molar-refractivity contribution in [3.63, 3.8) is 0 Å². The third-order valence-corrected chi connectivity index (χ3v) is 4.35. The van der Waals surface area contributed by atoms with Crippen molar-refractivity contribution in [2.75, 3.05) is 0 Å². The van der Waals surface area contributed by atoms with Crippen molar-refractivity contribution >= 4 is 23.4 Å². The number of hydrogen-bond acceptors (Lipinski definition) is 4. The molecule has 0 atom stereocenters. The predicted molar refractivity (Wildman–Crippen MR) is 74.6 cm³/mol. The Labute approximate surface area is 119 Å². The molecule has 3 N–H and O–H groups in total. The highest BCUT2D eigenvalue weighted by Gasteiger charge is 2.28. The van der Waals surface area contributed by atoms with Crippen LogP contribution in [0.3, 0.4) is 0 Å². The van der Waals surface area contributed by atoms with E-state index in [0.717, 1.165) is 23.3 Å². The minimum absolute atomic E-state index is 0.145. The lowest BCUT2D eigenvalue weighted by Gasteiger charge is -2.08. The van der Waals surface area contributed by atoms with E-state index in [-0.39, 0.29) is 5.69 Å². The molecule has 1 heterocycles. The van der Waals surface area contributed by atoms with Gasteiger partial charge in [-0.15, -0.1) is 5.10 Å². The number of nitrogens with two attached hydrogens (primary N) is 1. The van der Waals surface area contributed by atoms with Gasteiger partial charge in [0.25, 0.3) is 0 Å². The van der Waals surface area contributed by atoms with Crippen LogP contribution in [0.25, 0.3) is 0 Å². The third kappa shape index (κ3) is 2.56. The Morgan fingerprint density at radius 2 is 2.32 bits per heavy atom. The van der Waals surface area contributed by atoms with Gasteiger partial charge in [-0.3, -0.25) is 4.57 Å². The van der Waals surface area contributed by atoms with Gasteiger partial charge in [-0.25, -0.2) is 9.89 Å². The number of rotatable bonds is 4. The minimum atomic E-state index is -0.145. The SMILES string of the molecule is NCc1cc(Cl)ccc1Sc1n[nH]c(=O)n1C1CC1. The van der Waals surface area contributed by atoms with Crippen LogP contribution in [0.1, 0.15) is 24.4 Å². The smallest absolute Gasteiger partial charge is 0.326 e. The van der Waals surface area contributed by atoms with Crippen LogP contribution in [0.4, 0.5) is 0 Å². The van der Waals surface area contributed by atoms with Gasteiger partial charge >= 0.3 is 5.69 Å². The van der Waals surface area contributed by atoms with Crippen molar-refractivity contribution in [1.29, 1.82) is 0 Å². The number of benzene rings is 1. The summed E-state index contributed by atoms with van der Waals surface area (Å²) in [4.78, 5) is 12.7. The Morgan fingerprint density at radius 3 is 3.00 bits per heavy atom. The largest absolute Gasteiger partial charge is 0.344 e. The summed E-state index contributed by atoms with van der Waals surface area (Å²) in [5.41, 5.74) is 6.53. The van der Waals surface area contributed by atoms with E-state index in [1.54, 1.807) is 4.57 Å². The Morgan fingerprint density at radius 1 is 1.53 bits per heavy atom. The molecule has 7 heteroatoms. The monoisotopic (exact) mass is 296 g/mol. The predicted octanol–water partition coefficient (Wildman–Crippen LogP) is 2.17. The number of aromatic amines is 1. The summed E-state index contributed by atoms with van der Waals surface area (Å²) in [6, 6.07) is 5.86. The van der Waals surface area contributed by atoms with Gasteiger partial charge in [0.2, 0.25) is 0 Å². The van der Waals surface area contributed by atoms with Crippen LogP contribution in [0.15, 0.2) is 33.0 Å². The molecule has 2 aromatic rings. The average Bonchev–Trinajstić information content (AvgIpc) is 3.17. The molecule has 1 aliphatic carbocycles. The maximum atomic E-state index is 11.7. The Hall–Kier alpha value is -1.24. The maximum absolute atomic E-state index is 11.7. The fraction of sp³-hybridized carbons (Fsp3) is 0.333. The second kappa shape index (κ2) is 5.03. The quantitative estimate of drug-likeness (QED) is 0.906. The van der Waals surface area contributed by atoms with Crippen molar-refractivity contribution < 1.29 is 0 Å². The van der Waals surface area contributed by atoms with Gasteiger partial charge in [0.15, 0.2) is 5.16 Å². The van der Waals surface area contributed by atoms with E-state index < -0.39 is 0 Å². The molecule has 0 saturated heterocycles. The van der Waals surface area contributed by atoms with E-state index in [4.69, 9.17) is 17.3 Å². The van der Waals surface area contributed by atoms with Gasteiger partial charge in [-0.1, -0.05) is 11.6 Å². The molecule has 5 nitrogen and oxygen atoms in total. The van der Waals surface area contributed by atoms with Crippen LogP contribution < -0.4 is 11.4 Å². The average molecular weight is 297 g/mol. The molecule has 1 aliphatic rings. The lowest BCUT2D eigenvalue weighted by Crippen LogP contribution is -2.16. The molecule has 0 amide bonds. The maximum Gasteiger partial charge on any atom is 0.344 e. The van der Waals surface area contributed by atoms with Gasteiger partial charge in [0.1, 0.15) is 0 Å². The van der Waals surface area contributed by atoms with E-state index in [1.807, 2.05) is 18.2 Å². The van der Waals surface area contributed by atoms with Gasteiger partial charge in [0.05, 0.1) is 0 Å². The standard InChI is InChI=1S/C12H13ClN4OS/c13-8-1-4-10(7(5-8)6-14)19-12-16-15-11(18)17(12)9-2-3-9/h1,4-5,9H,2-3,6,14H2,(H,15,18). The zero-order valence-corrected chi connectivity index (χ0v) is 11.7. The number of nitrogens with one attached hydrogen (secondary N) is 1. The highest BCUT2D eigenvalue weighted by molar-refractivity contribution is 7.99. The first-order valence-corrected chi connectivity index (χ1v) is 7.21. The fourth-order valence-electron chi connectivity index (χ4n) is 1.92. The first kappa shape index (κ1) is 12.8. The molecular formula is C12H13ClN4OS. The van der Waals surface area contributed by atoms with E-state index in [9.17, 15) is 4.79 Å². The van der Waals surface area contributed by atoms with Crippen LogP contribution in [0.2, 0.25) is 5.02 Å². The van der Waals surface area contributed by atoms with E-state index >= 15 is 0 Å². The fourth-order valence-corrected chi connectivity index (χ4v) is 3.14. The topological polar surface area (TPSA) is 76.7 Å². The number of H-pyrrole nitrogens is 1. The summed E-state index contributed by atoms with van der Waals surface area (Å²) in [7, 11) is 0. The highest BCUT2D eigenvalue weighted by Crippen LogP contribution is 2.38. The summed E-state index contributed by atoms with van der Waals surface area (Å²) in [5.74, 6) is 0. The van der Waals surface area contributed by atoms with Crippen LogP contribution in [-0.4, -0.2) is 14.8 Å². The summed E-state index contributed by atoms with van der Waals surface area (Å²) < 4.78 is 1.72. The van der Waals surface area contributed by atoms with Crippen LogP contribution >= 0.6 is 23.4 Å². The second-order valence-corrected chi connectivity index (χ2v) is 5.92. The first-order chi connectivity index (χ1) is 9.19. The Bertz CT molecular complexity index is 662. The van der Waals surface area contributed by atoms with E-state index in [0.29, 0.717) is 22.8 Å². The molecular weight excluding hydrogens is 284 g/mol. The number of nitrogens with zero attached hydrogens (tertiary/aromatic N) is 2. The molecule has 1 saturated carbocycles. The second-order valence-electron chi connectivity index (χ2n) is 4.47. The third-order valence-electron chi connectivity index (χ3n) is 3.03. The number of aromatic nitrogens is 3. The summed E-state index contributed by atoms with van der Waals surface area (Å²) in [5, 5.41) is 7.94. The normalized spacial score (nSPS) is 14.8. The number of hydrogen-bond donors (Lipinski definition) is 2. The number of halogens is 1. The molecule has 0 unspecified atom stereocenters. The van der Waals surface area contributed by atoms with Gasteiger partial charge in [-0.05, 0) is 48.4 Å². The lowest BCUT2D eigenvalue weighted by atomic mass is 10.2. The molecule has 19 heavy (non-hydrogen) atoms. The first-order valence-electron chi connectivity index (χ1n) is 6.02. The zero-order chi connectivity index (χ0) is 13.4. The molecule has 0 radical (unpaired) electrons. The highest BCUT2D eigenvalue weighted by atomic mass is 35.5. The molecule has 1 fully saturated rings. The summed E-state index contributed by atoms with van der Waals surface area (Å²) in [6.45, 7) is 0.404. The van der Waals surface area contributed by atoms with Crippen molar-refractivity contribution in [2.45, 2.75) is 35.5 Å². The van der Waals surface area contributed by atoms with Crippen molar-refractivity contribution in [3.05, 3.63) is 39.3 Å². The summed E-state index contributed by atoms with van der Waals surface area (Å²) in [6.07, 6.45) is 2.08. The van der Waals surface area contributed by atoms with Crippen molar-refractivity contribution in [2.24, 2.45) is 5.73 Å².